The normalized spacial score (nSPS) is 13.0. The zero-order chi connectivity index (χ0) is 31.0. The SMILES string of the molecule is Cn1ccnc1-c1c2nc(c(C(F)(F)F)c3ccc([n-]3)c(-c3nccn3C)c3nc(c(C(F)(F)F)c4ccc1[n-]4)C=C3)C=C2.[Mn+3]. The van der Waals surface area contributed by atoms with Crippen molar-refractivity contribution >= 4 is 46.4 Å². The zero-order valence-corrected chi connectivity index (χ0v) is 24.3. The number of hydrogen-bond donors (Lipinski definition) is 0. The molecule has 7 rings (SSSR count). The van der Waals surface area contributed by atoms with E-state index in [4.69, 9.17) is 0 Å². The molecule has 15 heteroatoms. The summed E-state index contributed by atoms with van der Waals surface area (Å²) in [5.41, 5.74) is -3.36. The van der Waals surface area contributed by atoms with Crippen LogP contribution in [-0.4, -0.2) is 29.1 Å². The van der Waals surface area contributed by atoms with Gasteiger partial charge >= 0.3 is 29.4 Å². The summed E-state index contributed by atoms with van der Waals surface area (Å²) in [7, 11) is 3.28. The number of hydrogen-bond acceptors (Lipinski definition) is 4. The van der Waals surface area contributed by atoms with Gasteiger partial charge in [-0.2, -0.15) is 26.3 Å². The van der Waals surface area contributed by atoms with Gasteiger partial charge in [0.15, 0.2) is 0 Å². The van der Waals surface area contributed by atoms with Crippen molar-refractivity contribution < 1.29 is 43.4 Å². The average Bonchev–Trinajstić information content (AvgIpc) is 3.76. The summed E-state index contributed by atoms with van der Waals surface area (Å²) in [6.45, 7) is 0. The van der Waals surface area contributed by atoms with Crippen LogP contribution in [0.1, 0.15) is 33.9 Å². The van der Waals surface area contributed by atoms with Crippen molar-refractivity contribution in [1.29, 1.82) is 0 Å². The van der Waals surface area contributed by atoms with Gasteiger partial charge in [0.1, 0.15) is 11.6 Å². The maximum Gasteiger partial charge on any atom is 3.00 e. The third kappa shape index (κ3) is 5.07. The summed E-state index contributed by atoms with van der Waals surface area (Å²) in [5.74, 6) is 0.499. The van der Waals surface area contributed by atoms with E-state index in [1.54, 1.807) is 35.6 Å². The Morgan fingerprint density at radius 3 is 1.24 bits per heavy atom. The monoisotopic (exact) mass is 659 g/mol. The number of rotatable bonds is 2. The molecule has 7 heterocycles. The minimum atomic E-state index is -4.86. The summed E-state index contributed by atoms with van der Waals surface area (Å²) in [4.78, 5) is 25.8. The van der Waals surface area contributed by atoms with Crippen LogP contribution in [0.5, 0.6) is 0 Å². The fraction of sp³-hybridized carbons (Fsp3) is 0.133. The Bertz CT molecular complexity index is 2040. The first kappa shape index (κ1) is 30.2. The molecule has 226 valence electrons. The quantitative estimate of drug-likeness (QED) is 0.151. The van der Waals surface area contributed by atoms with Gasteiger partial charge in [0, 0.05) is 50.0 Å². The Kier molecular flexibility index (Phi) is 7.13. The maximum absolute atomic E-state index is 14.7. The third-order valence-corrected chi connectivity index (χ3v) is 7.27. The van der Waals surface area contributed by atoms with Crippen molar-refractivity contribution in [2.75, 3.05) is 0 Å². The van der Waals surface area contributed by atoms with Crippen LogP contribution in [0.25, 0.3) is 69.1 Å². The van der Waals surface area contributed by atoms with E-state index in [1.807, 2.05) is 0 Å². The molecule has 5 aromatic rings. The number of aryl methyl sites for hydroxylation is 2. The number of alkyl halides is 6. The summed E-state index contributed by atoms with van der Waals surface area (Å²) in [6.07, 6.45) is 1.47. The van der Waals surface area contributed by atoms with Crippen molar-refractivity contribution in [3.63, 3.8) is 0 Å². The van der Waals surface area contributed by atoms with Gasteiger partial charge in [-0.25, -0.2) is 19.9 Å². The molecule has 0 unspecified atom stereocenters. The predicted octanol–water partition coefficient (Wildman–Crippen LogP) is 6.75. The third-order valence-electron chi connectivity index (χ3n) is 7.27. The molecule has 0 N–H and O–H groups in total. The van der Waals surface area contributed by atoms with Crippen molar-refractivity contribution in [1.82, 2.24) is 39.0 Å². The van der Waals surface area contributed by atoms with Gasteiger partial charge in [-0.3, -0.25) is 0 Å². The van der Waals surface area contributed by atoms with Gasteiger partial charge in [0.25, 0.3) is 0 Å². The molecule has 5 aromatic heterocycles. The first-order valence-corrected chi connectivity index (χ1v) is 13.1. The van der Waals surface area contributed by atoms with E-state index < -0.39 is 45.9 Å². The molecule has 8 nitrogen and oxygen atoms in total. The summed E-state index contributed by atoms with van der Waals surface area (Å²) < 4.78 is 91.1. The predicted molar refractivity (Wildman–Crippen MR) is 151 cm³/mol. The van der Waals surface area contributed by atoms with Crippen molar-refractivity contribution in [3.8, 4) is 22.8 Å². The first-order chi connectivity index (χ1) is 20.9. The first-order valence-electron chi connectivity index (χ1n) is 13.1. The molecule has 0 saturated heterocycles. The zero-order valence-electron chi connectivity index (χ0n) is 23.2. The molecule has 0 saturated carbocycles. The van der Waals surface area contributed by atoms with Gasteiger partial charge < -0.3 is 19.1 Å². The van der Waals surface area contributed by atoms with E-state index in [2.05, 4.69) is 29.9 Å². The number of fused-ring (bicyclic) bond motifs is 8. The maximum atomic E-state index is 14.7. The molecule has 0 aliphatic carbocycles. The number of halogens is 6. The molecule has 0 atom stereocenters. The summed E-state index contributed by atoms with van der Waals surface area (Å²) in [6, 6.07) is 5.09. The van der Waals surface area contributed by atoms with Crippen molar-refractivity contribution in [3.05, 3.63) is 83.0 Å². The molecule has 0 amide bonds. The van der Waals surface area contributed by atoms with Gasteiger partial charge in [0.2, 0.25) is 0 Å². The smallest absolute Gasteiger partial charge is 0.657 e. The van der Waals surface area contributed by atoms with Crippen LogP contribution in [0.4, 0.5) is 26.3 Å². The van der Waals surface area contributed by atoms with E-state index in [0.717, 1.165) is 0 Å². The molecule has 0 radical (unpaired) electrons. The number of nitrogens with zero attached hydrogens (tertiary/aromatic N) is 8. The van der Waals surface area contributed by atoms with E-state index in [9.17, 15) is 26.3 Å². The van der Waals surface area contributed by atoms with E-state index >= 15 is 0 Å². The minimum absolute atomic E-state index is 0. The number of aromatic nitrogens is 8. The molecule has 0 aromatic carbocycles. The van der Waals surface area contributed by atoms with Crippen molar-refractivity contribution in [2.24, 2.45) is 14.1 Å². The second-order valence-corrected chi connectivity index (χ2v) is 10.1. The van der Waals surface area contributed by atoms with Crippen LogP contribution in [0.15, 0.2) is 49.1 Å². The Labute approximate surface area is 260 Å². The molecule has 2 aliphatic heterocycles. The summed E-state index contributed by atoms with van der Waals surface area (Å²) >= 11 is 0. The topological polar surface area (TPSA) is 89.6 Å². The Hall–Kier alpha value is -4.88. The Morgan fingerprint density at radius 1 is 0.556 bits per heavy atom. The summed E-state index contributed by atoms with van der Waals surface area (Å²) in [5, 5.41) is 0. The van der Waals surface area contributed by atoms with Gasteiger partial charge in [-0.15, -0.1) is 22.1 Å². The average molecular weight is 659 g/mol. The molecule has 45 heavy (non-hydrogen) atoms. The van der Waals surface area contributed by atoms with Crippen LogP contribution in [-0.2, 0) is 43.5 Å². The van der Waals surface area contributed by atoms with E-state index in [0.29, 0.717) is 0 Å². The Morgan fingerprint density at radius 2 is 0.911 bits per heavy atom. The Balaban J connectivity index is 0.00000357. The molecular weight excluding hydrogens is 641 g/mol. The largest absolute Gasteiger partial charge is 3.00 e. The van der Waals surface area contributed by atoms with Crippen molar-refractivity contribution in [2.45, 2.75) is 12.4 Å². The molecular formula is C30H18F6MnN8+. The van der Waals surface area contributed by atoms with Crippen LogP contribution >= 0.6 is 0 Å². The second kappa shape index (κ2) is 10.6. The molecule has 2 aliphatic rings. The fourth-order valence-electron chi connectivity index (χ4n) is 5.34. The number of imidazole rings is 2. The van der Waals surface area contributed by atoms with Crippen LogP contribution in [0, 0.1) is 0 Å². The van der Waals surface area contributed by atoms with E-state index in [1.165, 1.54) is 61.0 Å². The fourth-order valence-corrected chi connectivity index (χ4v) is 5.34. The molecule has 0 fully saturated rings. The van der Waals surface area contributed by atoms with Crippen LogP contribution in [0.3, 0.4) is 0 Å². The standard InChI is InChI=1S/C30H18F6N8.Mn/c1-43-13-11-37-27(43)23-15-3-7-19(39-15)25(29(31,32)33)21-9-5-17(41-21)24(28-38-12-14-44(28)2)18-6-10-22(42-18)26(30(34,35)36)20-8-4-16(23)40-20;/h3-14H,1-2H3;/q-2;+3. The molecule has 8 bridgehead atoms. The van der Waals surface area contributed by atoms with Crippen LogP contribution in [0.2, 0.25) is 0 Å². The minimum Gasteiger partial charge on any atom is -0.657 e. The van der Waals surface area contributed by atoms with E-state index in [-0.39, 0.29) is 62.3 Å². The van der Waals surface area contributed by atoms with Gasteiger partial charge in [-0.05, 0) is 24.3 Å². The second-order valence-electron chi connectivity index (χ2n) is 10.1. The molecule has 0 spiro atoms. The van der Waals surface area contributed by atoms with Gasteiger partial charge in [0.05, 0.1) is 33.9 Å². The van der Waals surface area contributed by atoms with Gasteiger partial charge in [-0.1, -0.05) is 24.3 Å². The van der Waals surface area contributed by atoms with Crippen LogP contribution < -0.4 is 9.97 Å².